The molecule has 1 atom stereocenters. The number of methoxy groups -OCH3 is 2. The molecule has 1 aliphatic heterocycles. The number of hydrogen-bond donors (Lipinski definition) is 1. The molecule has 0 bridgehead atoms. The molecule has 1 unspecified atom stereocenters. The molecule has 0 aliphatic carbocycles. The van der Waals surface area contributed by atoms with E-state index in [0.29, 0.717) is 24.6 Å². The van der Waals surface area contributed by atoms with Gasteiger partial charge in [0.2, 0.25) is 0 Å². The number of nitrogens with zero attached hydrogens (tertiary/aromatic N) is 1. The van der Waals surface area contributed by atoms with Gasteiger partial charge in [0.15, 0.2) is 11.5 Å². The zero-order valence-corrected chi connectivity index (χ0v) is 11.3. The van der Waals surface area contributed by atoms with Gasteiger partial charge < -0.3 is 19.9 Å². The molecule has 1 aromatic carbocycles. The van der Waals surface area contributed by atoms with Crippen molar-refractivity contribution in [1.82, 2.24) is 0 Å². The second-order valence-electron chi connectivity index (χ2n) is 4.35. The summed E-state index contributed by atoms with van der Waals surface area (Å²) >= 11 is 0. The van der Waals surface area contributed by atoms with Gasteiger partial charge in [0.05, 0.1) is 26.5 Å². The highest BCUT2D eigenvalue weighted by atomic mass is 16.6. The Morgan fingerprint density at radius 2 is 2.00 bits per heavy atom. The summed E-state index contributed by atoms with van der Waals surface area (Å²) in [5.41, 5.74) is 7.19. The van der Waals surface area contributed by atoms with Crippen molar-refractivity contribution >= 4 is 11.8 Å². The molecule has 1 heterocycles. The monoisotopic (exact) mass is 266 g/mol. The smallest absolute Gasteiger partial charge is 0.414 e. The number of carbonyl (C=O) groups is 1. The van der Waals surface area contributed by atoms with Gasteiger partial charge in [-0.05, 0) is 18.6 Å². The maximum Gasteiger partial charge on any atom is 0.414 e. The van der Waals surface area contributed by atoms with Gasteiger partial charge in [0, 0.05) is 12.6 Å². The van der Waals surface area contributed by atoms with Crippen LogP contribution in [0.25, 0.3) is 0 Å². The van der Waals surface area contributed by atoms with Crippen LogP contribution in [0.3, 0.4) is 0 Å². The summed E-state index contributed by atoms with van der Waals surface area (Å²) < 4.78 is 15.6. The molecule has 2 rings (SSSR count). The molecule has 1 fully saturated rings. The van der Waals surface area contributed by atoms with E-state index in [1.165, 1.54) is 0 Å². The number of benzene rings is 1. The van der Waals surface area contributed by atoms with Crippen LogP contribution in [0.15, 0.2) is 12.1 Å². The second-order valence-corrected chi connectivity index (χ2v) is 4.35. The molecule has 104 valence electrons. The summed E-state index contributed by atoms with van der Waals surface area (Å²) in [7, 11) is 3.13. The minimum absolute atomic E-state index is 0.264. The van der Waals surface area contributed by atoms with Crippen molar-refractivity contribution in [1.29, 1.82) is 0 Å². The van der Waals surface area contributed by atoms with E-state index in [1.807, 2.05) is 13.0 Å². The quantitative estimate of drug-likeness (QED) is 0.889. The standard InChI is InChI=1S/C13H18N2O4/c1-8-4-11(17-2)12(18-3)5-10(8)15-7-9(6-14)19-13(15)16/h4-5,9H,6-7,14H2,1-3H3. The number of ether oxygens (including phenoxy) is 3. The van der Waals surface area contributed by atoms with E-state index in [-0.39, 0.29) is 12.2 Å². The van der Waals surface area contributed by atoms with Crippen molar-refractivity contribution in [2.24, 2.45) is 5.73 Å². The largest absolute Gasteiger partial charge is 0.493 e. The highest BCUT2D eigenvalue weighted by Gasteiger charge is 2.32. The minimum atomic E-state index is -0.384. The SMILES string of the molecule is COc1cc(C)c(N2CC(CN)OC2=O)cc1OC. The third kappa shape index (κ3) is 2.44. The van der Waals surface area contributed by atoms with Crippen molar-refractivity contribution in [3.8, 4) is 11.5 Å². The van der Waals surface area contributed by atoms with Gasteiger partial charge in [0.1, 0.15) is 6.10 Å². The van der Waals surface area contributed by atoms with Gasteiger partial charge in [-0.25, -0.2) is 4.79 Å². The molecule has 2 N–H and O–H groups in total. The zero-order valence-electron chi connectivity index (χ0n) is 11.3. The van der Waals surface area contributed by atoms with Gasteiger partial charge in [0.25, 0.3) is 0 Å². The predicted octanol–water partition coefficient (Wildman–Crippen LogP) is 1.30. The molecule has 0 aromatic heterocycles. The van der Waals surface area contributed by atoms with Gasteiger partial charge in [-0.2, -0.15) is 0 Å². The average molecular weight is 266 g/mol. The number of cyclic esters (lactones) is 1. The first-order chi connectivity index (χ1) is 9.10. The lowest BCUT2D eigenvalue weighted by atomic mass is 10.1. The minimum Gasteiger partial charge on any atom is -0.493 e. The number of amides is 1. The Kier molecular flexibility index (Phi) is 3.80. The third-order valence-electron chi connectivity index (χ3n) is 3.13. The Hall–Kier alpha value is -1.95. The van der Waals surface area contributed by atoms with Crippen molar-refractivity contribution in [3.63, 3.8) is 0 Å². The Bertz CT molecular complexity index is 490. The van der Waals surface area contributed by atoms with Crippen molar-refractivity contribution in [3.05, 3.63) is 17.7 Å². The summed E-state index contributed by atoms with van der Waals surface area (Å²) in [5, 5.41) is 0. The molecule has 1 amide bonds. The number of aryl methyl sites for hydroxylation is 1. The van der Waals surface area contributed by atoms with E-state index in [4.69, 9.17) is 19.9 Å². The van der Waals surface area contributed by atoms with Crippen LogP contribution in [0.4, 0.5) is 10.5 Å². The first-order valence-corrected chi connectivity index (χ1v) is 6.01. The summed E-state index contributed by atoms with van der Waals surface area (Å²) in [4.78, 5) is 13.4. The highest BCUT2D eigenvalue weighted by Crippen LogP contribution is 2.36. The van der Waals surface area contributed by atoms with Gasteiger partial charge >= 0.3 is 6.09 Å². The number of carbonyl (C=O) groups excluding carboxylic acids is 1. The fourth-order valence-corrected chi connectivity index (χ4v) is 2.10. The van der Waals surface area contributed by atoms with E-state index in [1.54, 1.807) is 25.2 Å². The summed E-state index contributed by atoms with van der Waals surface area (Å²) in [5.74, 6) is 1.21. The lowest BCUT2D eigenvalue weighted by Gasteiger charge is -2.18. The molecule has 0 spiro atoms. The van der Waals surface area contributed by atoms with Crippen LogP contribution in [-0.4, -0.2) is 39.5 Å². The Morgan fingerprint density at radius 3 is 2.53 bits per heavy atom. The van der Waals surface area contributed by atoms with Crippen LogP contribution in [0.1, 0.15) is 5.56 Å². The summed E-state index contributed by atoms with van der Waals surface area (Å²) in [6.07, 6.45) is -0.647. The van der Waals surface area contributed by atoms with E-state index in [0.717, 1.165) is 11.3 Å². The molecule has 6 heteroatoms. The molecule has 6 nitrogen and oxygen atoms in total. The first kappa shape index (κ1) is 13.5. The molecular weight excluding hydrogens is 248 g/mol. The summed E-state index contributed by atoms with van der Waals surface area (Å²) in [6, 6.07) is 3.60. The topological polar surface area (TPSA) is 74.0 Å². The lowest BCUT2D eigenvalue weighted by Crippen LogP contribution is -2.28. The van der Waals surface area contributed by atoms with Crippen LogP contribution in [0.5, 0.6) is 11.5 Å². The molecule has 0 radical (unpaired) electrons. The van der Waals surface area contributed by atoms with E-state index >= 15 is 0 Å². The van der Waals surface area contributed by atoms with Gasteiger partial charge in [-0.3, -0.25) is 4.90 Å². The van der Waals surface area contributed by atoms with E-state index in [2.05, 4.69) is 0 Å². The third-order valence-corrected chi connectivity index (χ3v) is 3.13. The Labute approximate surface area is 112 Å². The van der Waals surface area contributed by atoms with Crippen LogP contribution < -0.4 is 20.1 Å². The average Bonchev–Trinajstić information content (AvgIpc) is 2.79. The molecule has 0 saturated carbocycles. The van der Waals surface area contributed by atoms with Gasteiger partial charge in [-0.1, -0.05) is 0 Å². The Morgan fingerprint density at radius 1 is 1.37 bits per heavy atom. The number of nitrogens with two attached hydrogens (primary N) is 1. The molecule has 1 aliphatic rings. The molecule has 1 saturated heterocycles. The first-order valence-electron chi connectivity index (χ1n) is 6.01. The van der Waals surface area contributed by atoms with Crippen molar-refractivity contribution < 1.29 is 19.0 Å². The van der Waals surface area contributed by atoms with Crippen LogP contribution in [0.2, 0.25) is 0 Å². The fraction of sp³-hybridized carbons (Fsp3) is 0.462. The number of hydrogen-bond acceptors (Lipinski definition) is 5. The second kappa shape index (κ2) is 5.36. The highest BCUT2D eigenvalue weighted by molar-refractivity contribution is 5.91. The maximum atomic E-state index is 11.8. The van der Waals surface area contributed by atoms with Crippen molar-refractivity contribution in [2.45, 2.75) is 13.0 Å². The molecule has 19 heavy (non-hydrogen) atoms. The normalized spacial score (nSPS) is 18.4. The van der Waals surface area contributed by atoms with Crippen molar-refractivity contribution in [2.75, 3.05) is 32.2 Å². The maximum absolute atomic E-state index is 11.8. The summed E-state index contributed by atoms with van der Waals surface area (Å²) in [6.45, 7) is 2.67. The number of rotatable bonds is 4. The lowest BCUT2D eigenvalue weighted by molar-refractivity contribution is 0.145. The van der Waals surface area contributed by atoms with E-state index < -0.39 is 0 Å². The van der Waals surface area contributed by atoms with Crippen LogP contribution in [0, 0.1) is 6.92 Å². The Balaban J connectivity index is 2.37. The molecular formula is C13H18N2O4. The van der Waals surface area contributed by atoms with Crippen LogP contribution in [-0.2, 0) is 4.74 Å². The molecule has 1 aromatic rings. The fourth-order valence-electron chi connectivity index (χ4n) is 2.10. The van der Waals surface area contributed by atoms with E-state index in [9.17, 15) is 4.79 Å². The predicted molar refractivity (Wildman–Crippen MR) is 71.0 cm³/mol. The van der Waals surface area contributed by atoms with Crippen LogP contribution >= 0.6 is 0 Å². The van der Waals surface area contributed by atoms with Gasteiger partial charge in [-0.15, -0.1) is 0 Å². The zero-order chi connectivity index (χ0) is 14.0. The number of anilines is 1.